The molecule has 0 radical (unpaired) electrons. The SMILES string of the molecule is COc1ccc(-c2cc(-c3ccccc3)nc3nc(C)nn23)cc1. The number of ether oxygens (including phenoxy) is 1. The van der Waals surface area contributed by atoms with Crippen LogP contribution in [0.2, 0.25) is 0 Å². The Labute approximate surface area is 139 Å². The molecule has 0 unspecified atom stereocenters. The van der Waals surface area contributed by atoms with E-state index in [4.69, 9.17) is 4.74 Å². The quantitative estimate of drug-likeness (QED) is 0.577. The third-order valence-electron chi connectivity index (χ3n) is 3.87. The Hall–Kier alpha value is -3.21. The molecule has 118 valence electrons. The zero-order chi connectivity index (χ0) is 16.5. The van der Waals surface area contributed by atoms with Crippen molar-refractivity contribution in [1.29, 1.82) is 0 Å². The molecule has 2 heterocycles. The Morgan fingerprint density at radius 3 is 2.33 bits per heavy atom. The normalized spacial score (nSPS) is 10.9. The van der Waals surface area contributed by atoms with Gasteiger partial charge in [0.1, 0.15) is 11.6 Å². The van der Waals surface area contributed by atoms with Crippen molar-refractivity contribution < 1.29 is 4.74 Å². The molecule has 0 aliphatic carbocycles. The van der Waals surface area contributed by atoms with E-state index in [1.165, 1.54) is 0 Å². The van der Waals surface area contributed by atoms with Gasteiger partial charge in [0.15, 0.2) is 0 Å². The van der Waals surface area contributed by atoms with E-state index in [0.29, 0.717) is 11.6 Å². The average molecular weight is 316 g/mol. The van der Waals surface area contributed by atoms with Gasteiger partial charge in [-0.1, -0.05) is 30.3 Å². The third kappa shape index (κ3) is 2.50. The number of rotatable bonds is 3. The smallest absolute Gasteiger partial charge is 0.253 e. The molecule has 4 aromatic rings. The van der Waals surface area contributed by atoms with Crippen molar-refractivity contribution in [3.8, 4) is 28.3 Å². The van der Waals surface area contributed by atoms with Crippen LogP contribution in [0, 0.1) is 6.92 Å². The first-order valence-electron chi connectivity index (χ1n) is 7.69. The van der Waals surface area contributed by atoms with Gasteiger partial charge in [0.25, 0.3) is 5.78 Å². The highest BCUT2D eigenvalue weighted by Crippen LogP contribution is 2.27. The molecule has 0 fully saturated rings. The minimum atomic E-state index is 0.597. The van der Waals surface area contributed by atoms with Crippen molar-refractivity contribution >= 4 is 5.78 Å². The number of hydrogen-bond donors (Lipinski definition) is 0. The fourth-order valence-corrected chi connectivity index (χ4v) is 2.69. The Morgan fingerprint density at radius 1 is 0.875 bits per heavy atom. The van der Waals surface area contributed by atoms with Gasteiger partial charge >= 0.3 is 0 Å². The first-order chi connectivity index (χ1) is 11.7. The van der Waals surface area contributed by atoms with Gasteiger partial charge in [-0.3, -0.25) is 0 Å². The van der Waals surface area contributed by atoms with E-state index in [0.717, 1.165) is 28.3 Å². The van der Waals surface area contributed by atoms with E-state index in [-0.39, 0.29) is 0 Å². The fourth-order valence-electron chi connectivity index (χ4n) is 2.69. The number of hydrogen-bond acceptors (Lipinski definition) is 4. The van der Waals surface area contributed by atoms with Gasteiger partial charge in [-0.2, -0.15) is 9.50 Å². The lowest BCUT2D eigenvalue weighted by atomic mass is 10.1. The van der Waals surface area contributed by atoms with Crippen LogP contribution < -0.4 is 4.74 Å². The summed E-state index contributed by atoms with van der Waals surface area (Å²) in [6.45, 7) is 1.87. The summed E-state index contributed by atoms with van der Waals surface area (Å²) in [5.74, 6) is 2.12. The summed E-state index contributed by atoms with van der Waals surface area (Å²) in [4.78, 5) is 9.09. The Balaban J connectivity index is 1.95. The maximum Gasteiger partial charge on any atom is 0.253 e. The van der Waals surface area contributed by atoms with Gasteiger partial charge in [0.05, 0.1) is 18.5 Å². The maximum absolute atomic E-state index is 5.24. The van der Waals surface area contributed by atoms with Crippen LogP contribution in [0.3, 0.4) is 0 Å². The molecule has 4 rings (SSSR count). The zero-order valence-corrected chi connectivity index (χ0v) is 13.5. The number of aromatic nitrogens is 4. The molecule has 0 N–H and O–H groups in total. The van der Waals surface area contributed by atoms with Gasteiger partial charge < -0.3 is 4.74 Å². The van der Waals surface area contributed by atoms with E-state index in [9.17, 15) is 0 Å². The molecule has 5 heteroatoms. The van der Waals surface area contributed by atoms with Crippen molar-refractivity contribution in [2.24, 2.45) is 0 Å². The van der Waals surface area contributed by atoms with Crippen LogP contribution >= 0.6 is 0 Å². The highest BCUT2D eigenvalue weighted by atomic mass is 16.5. The Bertz CT molecular complexity index is 991. The van der Waals surface area contributed by atoms with Gasteiger partial charge in [0.2, 0.25) is 0 Å². The lowest BCUT2D eigenvalue weighted by molar-refractivity contribution is 0.415. The topological polar surface area (TPSA) is 52.3 Å². The first-order valence-corrected chi connectivity index (χ1v) is 7.69. The summed E-state index contributed by atoms with van der Waals surface area (Å²) >= 11 is 0. The summed E-state index contributed by atoms with van der Waals surface area (Å²) < 4.78 is 7.02. The van der Waals surface area contributed by atoms with Crippen LogP contribution in [0.4, 0.5) is 0 Å². The predicted octanol–water partition coefficient (Wildman–Crippen LogP) is 3.78. The molecule has 5 nitrogen and oxygen atoms in total. The minimum Gasteiger partial charge on any atom is -0.497 e. The van der Waals surface area contributed by atoms with Crippen molar-refractivity contribution in [2.45, 2.75) is 6.92 Å². The van der Waals surface area contributed by atoms with Crippen LogP contribution in [0.15, 0.2) is 60.7 Å². The Kier molecular flexibility index (Phi) is 3.46. The Morgan fingerprint density at radius 2 is 1.62 bits per heavy atom. The molecule has 0 aliphatic heterocycles. The molecule has 0 bridgehead atoms. The monoisotopic (exact) mass is 316 g/mol. The average Bonchev–Trinajstić information content (AvgIpc) is 3.02. The van der Waals surface area contributed by atoms with Crippen LogP contribution in [0.5, 0.6) is 5.75 Å². The number of benzene rings is 2. The summed E-state index contributed by atoms with van der Waals surface area (Å²) in [5.41, 5.74) is 3.91. The molecule has 0 spiro atoms. The van der Waals surface area contributed by atoms with Crippen molar-refractivity contribution in [3.63, 3.8) is 0 Å². The van der Waals surface area contributed by atoms with Crippen LogP contribution in [0.1, 0.15) is 5.82 Å². The highest BCUT2D eigenvalue weighted by Gasteiger charge is 2.12. The molecule has 0 atom stereocenters. The van der Waals surface area contributed by atoms with Crippen LogP contribution in [-0.4, -0.2) is 26.7 Å². The highest BCUT2D eigenvalue weighted by molar-refractivity contribution is 5.70. The van der Waals surface area contributed by atoms with Crippen molar-refractivity contribution in [1.82, 2.24) is 19.6 Å². The standard InChI is InChI=1S/C19H16N4O/c1-13-20-19-21-17(14-6-4-3-5-7-14)12-18(23(19)22-13)15-8-10-16(24-2)11-9-15/h3-12H,1-2H3. The van der Waals surface area contributed by atoms with Gasteiger partial charge in [0, 0.05) is 11.1 Å². The largest absolute Gasteiger partial charge is 0.497 e. The van der Waals surface area contributed by atoms with Crippen molar-refractivity contribution in [2.75, 3.05) is 7.11 Å². The second-order valence-electron chi connectivity index (χ2n) is 5.49. The number of fused-ring (bicyclic) bond motifs is 1. The maximum atomic E-state index is 5.24. The van der Waals surface area contributed by atoms with Gasteiger partial charge in [-0.15, -0.1) is 5.10 Å². The fraction of sp³-hybridized carbons (Fsp3) is 0.105. The summed E-state index contributed by atoms with van der Waals surface area (Å²) in [6.07, 6.45) is 0. The van der Waals surface area contributed by atoms with Gasteiger partial charge in [-0.25, -0.2) is 4.98 Å². The number of nitrogens with zero attached hydrogens (tertiary/aromatic N) is 4. The molecule has 0 aliphatic rings. The second-order valence-corrected chi connectivity index (χ2v) is 5.49. The van der Waals surface area contributed by atoms with Crippen molar-refractivity contribution in [3.05, 3.63) is 66.5 Å². The predicted molar refractivity (Wildman–Crippen MR) is 92.9 cm³/mol. The number of methoxy groups -OCH3 is 1. The summed E-state index contributed by atoms with van der Waals surface area (Å²) in [6, 6.07) is 20.0. The summed E-state index contributed by atoms with van der Waals surface area (Å²) in [5, 5.41) is 4.48. The molecular weight excluding hydrogens is 300 g/mol. The van der Waals surface area contributed by atoms with Gasteiger partial charge in [-0.05, 0) is 37.3 Å². The molecule has 24 heavy (non-hydrogen) atoms. The number of aryl methyl sites for hydroxylation is 1. The molecule has 2 aromatic carbocycles. The lowest BCUT2D eigenvalue weighted by Gasteiger charge is -2.08. The van der Waals surface area contributed by atoms with E-state index in [2.05, 4.69) is 15.1 Å². The molecule has 2 aromatic heterocycles. The van der Waals surface area contributed by atoms with E-state index >= 15 is 0 Å². The van der Waals surface area contributed by atoms with E-state index < -0.39 is 0 Å². The van der Waals surface area contributed by atoms with Crippen LogP contribution in [-0.2, 0) is 0 Å². The molecule has 0 amide bonds. The zero-order valence-electron chi connectivity index (χ0n) is 13.5. The van der Waals surface area contributed by atoms with E-state index in [1.54, 1.807) is 11.6 Å². The first kappa shape index (κ1) is 14.4. The van der Waals surface area contributed by atoms with E-state index in [1.807, 2.05) is 67.6 Å². The molecule has 0 saturated heterocycles. The summed E-state index contributed by atoms with van der Waals surface area (Å²) in [7, 11) is 1.66. The third-order valence-corrected chi connectivity index (χ3v) is 3.87. The minimum absolute atomic E-state index is 0.597. The molecule has 0 saturated carbocycles. The van der Waals surface area contributed by atoms with Crippen LogP contribution in [0.25, 0.3) is 28.3 Å². The lowest BCUT2D eigenvalue weighted by Crippen LogP contribution is -1.99. The second kappa shape index (κ2) is 5.77. The molecular formula is C19H16N4O.